The molecule has 8 atom stereocenters. The lowest BCUT2D eigenvalue weighted by atomic mass is 9.47. The highest BCUT2D eigenvalue weighted by Gasteiger charge is 2.59. The lowest BCUT2D eigenvalue weighted by Crippen LogP contribution is -2.51. The summed E-state index contributed by atoms with van der Waals surface area (Å²) in [6.45, 7) is 14.6. The number of carbonyl (C=O) groups is 2. The van der Waals surface area contributed by atoms with Crippen LogP contribution < -0.4 is 11.5 Å². The molecule has 0 radical (unpaired) electrons. The Morgan fingerprint density at radius 2 is 1.52 bits per heavy atom. The van der Waals surface area contributed by atoms with Crippen molar-refractivity contribution < 1.29 is 14.3 Å². The minimum atomic E-state index is -0.235. The second kappa shape index (κ2) is 21.8. The zero-order valence-electron chi connectivity index (χ0n) is 32.7. The van der Waals surface area contributed by atoms with Crippen LogP contribution in [0, 0.1) is 46.3 Å². The molecule has 6 nitrogen and oxygen atoms in total. The van der Waals surface area contributed by atoms with Gasteiger partial charge in [0.05, 0.1) is 0 Å². The number of fused-ring (bicyclic) bond motifs is 5. The Morgan fingerprint density at radius 3 is 2.22 bits per heavy atom. The van der Waals surface area contributed by atoms with Crippen molar-refractivity contribution in [1.29, 1.82) is 0 Å². The van der Waals surface area contributed by atoms with E-state index in [-0.39, 0.29) is 54.8 Å². The van der Waals surface area contributed by atoms with Gasteiger partial charge in [-0.3, -0.25) is 9.59 Å². The van der Waals surface area contributed by atoms with Crippen molar-refractivity contribution in [2.75, 3.05) is 26.2 Å². The van der Waals surface area contributed by atoms with Crippen LogP contribution >= 0.6 is 24.8 Å². The molecule has 1 unspecified atom stereocenters. The highest BCUT2D eigenvalue weighted by molar-refractivity contribution is 5.85. The van der Waals surface area contributed by atoms with Crippen LogP contribution in [0.3, 0.4) is 0 Å². The molecule has 0 aromatic rings. The van der Waals surface area contributed by atoms with Crippen LogP contribution in [-0.2, 0) is 14.3 Å². The summed E-state index contributed by atoms with van der Waals surface area (Å²) >= 11 is 0. The Kier molecular flexibility index (Phi) is 19.7. The highest BCUT2D eigenvalue weighted by Crippen LogP contribution is 2.67. The third-order valence-corrected chi connectivity index (χ3v) is 14.0. The van der Waals surface area contributed by atoms with Gasteiger partial charge in [0.1, 0.15) is 12.6 Å². The summed E-state index contributed by atoms with van der Waals surface area (Å²) in [6.07, 6.45) is 25.0. The van der Waals surface area contributed by atoms with Gasteiger partial charge in [-0.05, 0) is 130 Å². The molecule has 3 fully saturated rings. The molecular formula is C42H77Cl2N3O3. The van der Waals surface area contributed by atoms with E-state index < -0.39 is 0 Å². The molecule has 8 heteroatoms. The molecule has 0 aliphatic heterocycles. The standard InChI is InChI=1S/C42H75N3O3.2ClH/c1-31(2)15-14-16-32(3)36-20-21-37-35-19-18-33-29-34(22-24-41(33,4)38(35)23-25-42(36,37)5)48-40(47)30-45(39(46)17-10-12-27-44)28-13-9-7-6-8-11-26-43;;/h18,31-32,34-38H,6-17,19-30,43-44H2,1-5H3;2*1H/t32?,34-,35-,36+,37-,38-,41-,42+;;/m0../s1. The summed E-state index contributed by atoms with van der Waals surface area (Å²) in [5.74, 6) is 4.80. The van der Waals surface area contributed by atoms with E-state index in [9.17, 15) is 9.59 Å². The molecule has 0 aromatic heterocycles. The summed E-state index contributed by atoms with van der Waals surface area (Å²) in [5.41, 5.74) is 13.6. The number of hydrogen-bond donors (Lipinski definition) is 2. The Morgan fingerprint density at radius 1 is 0.840 bits per heavy atom. The Balaban J connectivity index is 0.00000433. The van der Waals surface area contributed by atoms with Crippen molar-refractivity contribution in [2.45, 2.75) is 169 Å². The van der Waals surface area contributed by atoms with Gasteiger partial charge in [-0.2, -0.15) is 0 Å². The first-order valence-electron chi connectivity index (χ1n) is 20.6. The van der Waals surface area contributed by atoms with Gasteiger partial charge in [0.15, 0.2) is 0 Å². The van der Waals surface area contributed by atoms with Gasteiger partial charge in [0, 0.05) is 19.4 Å². The normalized spacial score (nSPS) is 30.6. The molecule has 292 valence electrons. The number of carbonyl (C=O) groups excluding carboxylic acids is 2. The first-order valence-corrected chi connectivity index (χ1v) is 20.6. The minimum absolute atomic E-state index is 0. The van der Waals surface area contributed by atoms with E-state index in [0.717, 1.165) is 99.8 Å². The molecule has 4 N–H and O–H groups in total. The second-order valence-electron chi connectivity index (χ2n) is 17.6. The van der Waals surface area contributed by atoms with Crippen LogP contribution in [0.15, 0.2) is 11.6 Å². The predicted octanol–water partition coefficient (Wildman–Crippen LogP) is 10.0. The van der Waals surface area contributed by atoms with Crippen LogP contribution in [0.25, 0.3) is 0 Å². The lowest BCUT2D eigenvalue weighted by molar-refractivity contribution is -0.156. The third kappa shape index (κ3) is 11.6. The molecule has 0 heterocycles. The van der Waals surface area contributed by atoms with Crippen LogP contribution in [0.5, 0.6) is 0 Å². The number of unbranched alkanes of at least 4 members (excludes halogenated alkanes) is 6. The monoisotopic (exact) mass is 742 g/mol. The topological polar surface area (TPSA) is 98.6 Å². The summed E-state index contributed by atoms with van der Waals surface area (Å²) in [6, 6.07) is 0. The first kappa shape index (κ1) is 45.3. The minimum Gasteiger partial charge on any atom is -0.461 e. The van der Waals surface area contributed by atoms with E-state index in [1.807, 2.05) is 0 Å². The average molecular weight is 743 g/mol. The summed E-state index contributed by atoms with van der Waals surface area (Å²) in [7, 11) is 0. The number of ether oxygens (including phenoxy) is 1. The van der Waals surface area contributed by atoms with Gasteiger partial charge in [-0.15, -0.1) is 24.8 Å². The number of esters is 1. The van der Waals surface area contributed by atoms with Gasteiger partial charge in [-0.1, -0.05) is 91.2 Å². The Hall–Kier alpha value is -0.820. The molecule has 4 rings (SSSR count). The molecule has 0 spiro atoms. The molecule has 4 aliphatic rings. The van der Waals surface area contributed by atoms with Crippen molar-refractivity contribution >= 4 is 36.7 Å². The summed E-state index contributed by atoms with van der Waals surface area (Å²) in [4.78, 5) is 28.2. The Bertz CT molecular complexity index is 1060. The predicted molar refractivity (Wildman–Crippen MR) is 214 cm³/mol. The number of halogens is 2. The van der Waals surface area contributed by atoms with Crippen LogP contribution in [-0.4, -0.2) is 49.1 Å². The zero-order valence-corrected chi connectivity index (χ0v) is 34.4. The van der Waals surface area contributed by atoms with Crippen molar-refractivity contribution in [1.82, 2.24) is 4.90 Å². The largest absolute Gasteiger partial charge is 0.461 e. The molecule has 0 saturated heterocycles. The quantitative estimate of drug-likeness (QED) is 0.0735. The third-order valence-electron chi connectivity index (χ3n) is 14.0. The van der Waals surface area contributed by atoms with E-state index in [0.29, 0.717) is 24.9 Å². The van der Waals surface area contributed by atoms with Gasteiger partial charge < -0.3 is 21.1 Å². The van der Waals surface area contributed by atoms with Gasteiger partial charge in [-0.25, -0.2) is 0 Å². The van der Waals surface area contributed by atoms with E-state index in [2.05, 4.69) is 40.7 Å². The maximum atomic E-state index is 13.3. The van der Waals surface area contributed by atoms with Gasteiger partial charge in [0.25, 0.3) is 0 Å². The van der Waals surface area contributed by atoms with Crippen LogP contribution in [0.2, 0.25) is 0 Å². The Labute approximate surface area is 319 Å². The van der Waals surface area contributed by atoms with Crippen molar-refractivity contribution in [3.8, 4) is 0 Å². The van der Waals surface area contributed by atoms with E-state index in [1.165, 1.54) is 64.2 Å². The molecule has 4 aliphatic carbocycles. The SMILES string of the molecule is CC(C)CCCC(C)[C@H]1CC[C@H]2[C@@H]3CC=C4C[C@@H](OC(=O)CN(CCCCCCCCN)C(=O)CCCCN)CC[C@]4(C)[C@H]3CC[C@]12C.Cl.Cl. The van der Waals surface area contributed by atoms with Gasteiger partial charge >= 0.3 is 5.97 Å². The number of rotatable bonds is 20. The molecule has 3 saturated carbocycles. The number of allylic oxidation sites excluding steroid dienone is 1. The number of hydrogen-bond acceptors (Lipinski definition) is 5. The maximum Gasteiger partial charge on any atom is 0.325 e. The van der Waals surface area contributed by atoms with Gasteiger partial charge in [0.2, 0.25) is 5.91 Å². The highest BCUT2D eigenvalue weighted by atomic mass is 35.5. The molecule has 0 aromatic carbocycles. The fraction of sp³-hybridized carbons (Fsp3) is 0.905. The molecule has 0 bridgehead atoms. The lowest BCUT2D eigenvalue weighted by Gasteiger charge is -2.58. The molecular weight excluding hydrogens is 665 g/mol. The number of amides is 1. The number of nitrogens with two attached hydrogens (primary N) is 2. The van der Waals surface area contributed by atoms with E-state index >= 15 is 0 Å². The van der Waals surface area contributed by atoms with Crippen molar-refractivity contribution in [3.05, 3.63) is 11.6 Å². The van der Waals surface area contributed by atoms with Crippen LogP contribution in [0.4, 0.5) is 0 Å². The molecule has 50 heavy (non-hydrogen) atoms. The summed E-state index contributed by atoms with van der Waals surface area (Å²) in [5, 5.41) is 0. The second-order valence-corrected chi connectivity index (χ2v) is 17.6. The van der Waals surface area contributed by atoms with E-state index in [4.69, 9.17) is 16.2 Å². The maximum absolute atomic E-state index is 13.3. The van der Waals surface area contributed by atoms with Crippen molar-refractivity contribution in [3.63, 3.8) is 0 Å². The fourth-order valence-electron chi connectivity index (χ4n) is 11.2. The molecule has 1 amide bonds. The first-order chi connectivity index (χ1) is 23.0. The number of nitrogens with zero attached hydrogens (tertiary/aromatic N) is 1. The average Bonchev–Trinajstić information content (AvgIpc) is 3.41. The smallest absolute Gasteiger partial charge is 0.325 e. The van der Waals surface area contributed by atoms with E-state index in [1.54, 1.807) is 10.5 Å². The fourth-order valence-corrected chi connectivity index (χ4v) is 11.2. The van der Waals surface area contributed by atoms with Crippen molar-refractivity contribution in [2.24, 2.45) is 57.8 Å². The zero-order chi connectivity index (χ0) is 34.7. The summed E-state index contributed by atoms with van der Waals surface area (Å²) < 4.78 is 6.17. The van der Waals surface area contributed by atoms with Crippen LogP contribution in [0.1, 0.15) is 163 Å².